The number of ether oxygens (including phenoxy) is 4. The van der Waals surface area contributed by atoms with Gasteiger partial charge in [-0.05, 0) is 86.6 Å². The van der Waals surface area contributed by atoms with Crippen molar-refractivity contribution in [1.82, 2.24) is 10.7 Å². The molecule has 0 radical (unpaired) electrons. The van der Waals surface area contributed by atoms with Crippen LogP contribution in [0.2, 0.25) is 0 Å². The highest BCUT2D eigenvalue weighted by Crippen LogP contribution is 2.44. The summed E-state index contributed by atoms with van der Waals surface area (Å²) in [5, 5.41) is 8.08. The Morgan fingerprint density at radius 3 is 2.31 bits per heavy atom. The number of nitrogens with one attached hydrogen (secondary N) is 3. The molecule has 0 spiro atoms. The summed E-state index contributed by atoms with van der Waals surface area (Å²) >= 11 is 0. The number of benzene rings is 4. The predicted molar refractivity (Wildman–Crippen MR) is 289 cm³/mol. The largest absolute Gasteiger partial charge is 0.493 e. The van der Waals surface area contributed by atoms with E-state index in [1.807, 2.05) is 78.8 Å². The number of methoxy groups -OCH3 is 2. The number of carbonyl (C=O) groups is 4. The molecule has 4 aromatic carbocycles. The summed E-state index contributed by atoms with van der Waals surface area (Å²) in [5.41, 5.74) is 9.30. The number of allylic oxidation sites excluding steroid dienone is 1. The molecule has 21 heteroatoms. The number of hydrazone groups is 1. The number of carbonyl (C=O) groups excluding carboxylic acids is 4. The van der Waals surface area contributed by atoms with Gasteiger partial charge in [0.1, 0.15) is 6.61 Å². The van der Waals surface area contributed by atoms with Crippen molar-refractivity contribution in [2.24, 2.45) is 16.0 Å². The minimum Gasteiger partial charge on any atom is -0.493 e. The molecule has 5 aliphatic rings. The predicted octanol–water partition coefficient (Wildman–Crippen LogP) is 7.71. The van der Waals surface area contributed by atoms with Gasteiger partial charge >= 0.3 is 0 Å². The van der Waals surface area contributed by atoms with Gasteiger partial charge in [-0.3, -0.25) is 33.6 Å². The van der Waals surface area contributed by atoms with E-state index in [1.54, 1.807) is 35.4 Å². The maximum absolute atomic E-state index is 14.1. The molecular formula is C53H57N7O11S3. The third-order valence-corrected chi connectivity index (χ3v) is 18.0. The van der Waals surface area contributed by atoms with E-state index in [-0.39, 0.29) is 67.5 Å². The summed E-state index contributed by atoms with van der Waals surface area (Å²) in [7, 11) is 1.15. The number of fused-ring (bicyclic) bond motifs is 8. The Morgan fingerprint density at radius 1 is 0.919 bits per heavy atom. The van der Waals surface area contributed by atoms with E-state index >= 15 is 0 Å². The van der Waals surface area contributed by atoms with E-state index in [9.17, 15) is 32.1 Å². The van der Waals surface area contributed by atoms with Crippen LogP contribution in [-0.4, -0.2) is 111 Å². The maximum atomic E-state index is 14.1. The summed E-state index contributed by atoms with van der Waals surface area (Å²) < 4.78 is 57.4. The van der Waals surface area contributed by atoms with Crippen molar-refractivity contribution in [1.29, 1.82) is 0 Å². The Kier molecular flexibility index (Phi) is 15.4. The van der Waals surface area contributed by atoms with Crippen LogP contribution < -0.4 is 44.8 Å². The topological polar surface area (TPSA) is 227 Å². The molecule has 0 saturated carbocycles. The van der Waals surface area contributed by atoms with E-state index in [0.29, 0.717) is 77.0 Å². The highest BCUT2D eigenvalue weighted by atomic mass is 33.1. The van der Waals surface area contributed by atoms with Crippen molar-refractivity contribution in [2.75, 3.05) is 54.8 Å². The zero-order valence-corrected chi connectivity index (χ0v) is 43.7. The van der Waals surface area contributed by atoms with E-state index in [4.69, 9.17) is 23.9 Å². The summed E-state index contributed by atoms with van der Waals surface area (Å²) in [6.07, 6.45) is 7.96. The Bertz CT molecular complexity index is 3110. The number of anilines is 3. The zero-order chi connectivity index (χ0) is 52.3. The Labute approximate surface area is 437 Å². The molecule has 4 atom stereocenters. The van der Waals surface area contributed by atoms with Gasteiger partial charge in [-0.15, -0.1) is 0 Å². The molecule has 3 unspecified atom stereocenters. The van der Waals surface area contributed by atoms with Gasteiger partial charge in [-0.25, -0.2) is 5.43 Å². The fourth-order valence-electron chi connectivity index (χ4n) is 9.83. The average molecular weight is 1060 g/mol. The van der Waals surface area contributed by atoms with E-state index in [1.165, 1.54) is 35.8 Å². The number of amides is 4. The molecule has 4 aliphatic heterocycles. The molecule has 9 rings (SSSR count). The van der Waals surface area contributed by atoms with Crippen molar-refractivity contribution in [2.45, 2.75) is 74.5 Å². The second-order valence-electron chi connectivity index (χ2n) is 19.1. The fourth-order valence-corrected chi connectivity index (χ4v) is 13.4. The average Bonchev–Trinajstić information content (AvgIpc) is 3.87. The van der Waals surface area contributed by atoms with Gasteiger partial charge in [0.25, 0.3) is 27.8 Å². The first-order valence-electron chi connectivity index (χ1n) is 24.1. The van der Waals surface area contributed by atoms with Crippen molar-refractivity contribution >= 4 is 91.0 Å². The van der Waals surface area contributed by atoms with Crippen LogP contribution in [0.15, 0.2) is 106 Å². The smallest absolute Gasteiger partial charge is 0.277 e. The number of para-hydroxylation sites is 2. The number of hydrogen-bond acceptors (Lipinski definition) is 15. The summed E-state index contributed by atoms with van der Waals surface area (Å²) in [5.74, 6) is 0.0194. The minimum atomic E-state index is -4.67. The second-order valence-corrected chi connectivity index (χ2v) is 23.8. The van der Waals surface area contributed by atoms with Gasteiger partial charge in [0.05, 0.1) is 55.4 Å². The Hall–Kier alpha value is -6.81. The fraction of sp³-hybridized carbons (Fsp3) is 0.358. The van der Waals surface area contributed by atoms with E-state index < -0.39 is 26.0 Å². The van der Waals surface area contributed by atoms with Crippen LogP contribution in [0.3, 0.4) is 0 Å². The number of nitrogens with zero attached hydrogens (tertiary/aromatic N) is 4. The second kappa shape index (κ2) is 22.0. The van der Waals surface area contributed by atoms with Crippen LogP contribution in [0, 0.1) is 5.92 Å². The molecule has 74 heavy (non-hydrogen) atoms. The first-order valence-corrected chi connectivity index (χ1v) is 27.9. The van der Waals surface area contributed by atoms with Crippen molar-refractivity contribution in [3.05, 3.63) is 118 Å². The molecule has 0 saturated heterocycles. The van der Waals surface area contributed by atoms with Gasteiger partial charge < -0.3 is 34.5 Å². The lowest BCUT2D eigenvalue weighted by atomic mass is 9.93. The Balaban J connectivity index is 0.901. The lowest BCUT2D eigenvalue weighted by molar-refractivity contribution is -0.121. The van der Waals surface area contributed by atoms with Crippen LogP contribution in [0.4, 0.5) is 22.7 Å². The Morgan fingerprint density at radius 2 is 1.59 bits per heavy atom. The molecule has 18 nitrogen and oxygen atoms in total. The van der Waals surface area contributed by atoms with Crippen LogP contribution >= 0.6 is 21.6 Å². The standard InChI is InChI=1S/C53H57N7O11S3/c1-53(2,73-72-17-15-48(74(65,66)67)50(62)58-54-3)16-14-49(61)57-35-19-31(29-70-46-25-40-38(23-44(46)68-4)51(63)59-36(27-55-40)21-33-10-6-8-12-42(33)59)18-32(20-35)30-71-47-26-41-39(24-45(47)69-5)52(64)60-37(28-56-41)22-34-11-7-9-13-43(34)60/h6-13,19-20,23-27,31,36-37,48,56H,3,14-18,21-22,28-30H2,1-2,4-5H3,(H,57,61)(H,58,62)(H,65,66,67)/t31?,36?,37-,48?/m0/s1. The van der Waals surface area contributed by atoms with E-state index in [0.717, 1.165) is 34.5 Å². The molecule has 4 amide bonds. The molecule has 4 aromatic rings. The van der Waals surface area contributed by atoms with Crippen LogP contribution in [0.25, 0.3) is 0 Å². The van der Waals surface area contributed by atoms with Gasteiger partial charge in [-0.1, -0.05) is 64.1 Å². The van der Waals surface area contributed by atoms with Crippen molar-refractivity contribution in [3.63, 3.8) is 0 Å². The highest BCUT2D eigenvalue weighted by Gasteiger charge is 2.39. The van der Waals surface area contributed by atoms with Crippen LogP contribution in [0.1, 0.15) is 71.4 Å². The lowest BCUT2D eigenvalue weighted by Gasteiger charge is -2.25. The number of aliphatic imine (C=N–C) groups is 1. The van der Waals surface area contributed by atoms with Crippen LogP contribution in [-0.2, 0) is 32.5 Å². The normalized spacial score (nSPS) is 18.9. The SMILES string of the molecule is C=NNC(=O)C(CCSSC(C)(C)CCC(=O)NC1=CC(COc2cc3c(cc2OC)C(=O)N2c4ccccc4CC2C=N3)CC(COc2cc3c(cc2OC)C(=O)N2c4ccccc4C[C@H]2CN3)=C1)S(=O)(=O)O. The molecular weight excluding hydrogens is 1010 g/mol. The van der Waals surface area contributed by atoms with Gasteiger partial charge in [0.15, 0.2) is 28.2 Å². The quantitative estimate of drug-likeness (QED) is 0.0219. The molecule has 4 heterocycles. The molecule has 4 N–H and O–H groups in total. The zero-order valence-electron chi connectivity index (χ0n) is 41.3. The monoisotopic (exact) mass is 1060 g/mol. The highest BCUT2D eigenvalue weighted by molar-refractivity contribution is 8.77. The van der Waals surface area contributed by atoms with Crippen LogP contribution in [0.5, 0.6) is 23.0 Å². The molecule has 0 bridgehead atoms. The first-order chi connectivity index (χ1) is 35.5. The molecule has 0 fully saturated rings. The minimum absolute atomic E-state index is 0.0505. The number of rotatable bonds is 20. The van der Waals surface area contributed by atoms with Crippen molar-refractivity contribution < 1.29 is 51.1 Å². The molecule has 388 valence electrons. The third-order valence-electron chi connectivity index (χ3n) is 13.5. The molecule has 1 aliphatic carbocycles. The summed E-state index contributed by atoms with van der Waals surface area (Å²) in [6.45, 7) is 7.86. The summed E-state index contributed by atoms with van der Waals surface area (Å²) in [6, 6.07) is 22.4. The molecule has 0 aromatic heterocycles. The van der Waals surface area contributed by atoms with Gasteiger partial charge in [0, 0.05) is 77.9 Å². The lowest BCUT2D eigenvalue weighted by Crippen LogP contribution is -2.39. The van der Waals surface area contributed by atoms with Gasteiger partial charge in [0.2, 0.25) is 5.91 Å². The van der Waals surface area contributed by atoms with Crippen molar-refractivity contribution in [3.8, 4) is 23.0 Å². The third kappa shape index (κ3) is 11.3. The first kappa shape index (κ1) is 52.1. The maximum Gasteiger partial charge on any atom is 0.277 e. The number of hydrogen-bond donors (Lipinski definition) is 4. The van der Waals surface area contributed by atoms with E-state index in [2.05, 4.69) is 28.5 Å². The van der Waals surface area contributed by atoms with Gasteiger partial charge in [-0.2, -0.15) is 13.5 Å². The summed E-state index contributed by atoms with van der Waals surface area (Å²) in [4.78, 5) is 62.5.